The van der Waals surface area contributed by atoms with Gasteiger partial charge in [0, 0.05) is 13.3 Å². The highest BCUT2D eigenvalue weighted by Crippen LogP contribution is 2.20. The third kappa shape index (κ3) is 3.71. The number of amidine groups is 1. The van der Waals surface area contributed by atoms with Crippen molar-refractivity contribution in [2.45, 2.75) is 13.0 Å². The minimum Gasteiger partial charge on any atom is -0.494 e. The van der Waals surface area contributed by atoms with Crippen molar-refractivity contribution in [3.05, 3.63) is 28.0 Å². The first-order valence-electron chi connectivity index (χ1n) is 4.94. The number of hydrogen-bond acceptors (Lipinski definition) is 6. The Balaban J connectivity index is 2.87. The summed E-state index contributed by atoms with van der Waals surface area (Å²) in [4.78, 5) is 9.34. The molecule has 0 saturated heterocycles. The number of aliphatic hydroxyl groups excluding tert-OH is 1. The molecule has 0 bridgehead atoms. The molecule has 0 aliphatic heterocycles. The Kier molecular flexibility index (Phi) is 5.11. The fourth-order valence-corrected chi connectivity index (χ4v) is 2.05. The molecule has 1 aromatic rings. The monoisotopic (exact) mass is 288 g/mol. The lowest BCUT2D eigenvalue weighted by atomic mass is 10.3. The van der Waals surface area contributed by atoms with Crippen molar-refractivity contribution in [1.82, 2.24) is 9.88 Å². The number of rotatable bonds is 4. The van der Waals surface area contributed by atoms with Gasteiger partial charge in [-0.05, 0) is 13.5 Å². The molecule has 0 amide bonds. The van der Waals surface area contributed by atoms with E-state index in [1.165, 1.54) is 23.7 Å². The highest BCUT2D eigenvalue weighted by atomic mass is 35.5. The molecule has 0 aromatic carbocycles. The first-order valence-corrected chi connectivity index (χ1v) is 6.13. The van der Waals surface area contributed by atoms with Crippen LogP contribution in [0.3, 0.4) is 0 Å². The largest absolute Gasteiger partial charge is 0.494 e. The van der Waals surface area contributed by atoms with Crippen molar-refractivity contribution in [3.63, 3.8) is 0 Å². The first kappa shape index (κ1) is 14.5. The van der Waals surface area contributed by atoms with Crippen LogP contribution in [0, 0.1) is 0 Å². The number of oxime groups is 1. The minimum atomic E-state index is -0.282. The van der Waals surface area contributed by atoms with Crippen LogP contribution in [-0.4, -0.2) is 45.3 Å². The van der Waals surface area contributed by atoms with Gasteiger partial charge in [0.05, 0.1) is 12.2 Å². The summed E-state index contributed by atoms with van der Waals surface area (Å²) < 4.78 is 0.504. The van der Waals surface area contributed by atoms with E-state index < -0.39 is 0 Å². The highest BCUT2D eigenvalue weighted by Gasteiger charge is 2.18. The maximum atomic E-state index is 9.04. The summed E-state index contributed by atoms with van der Waals surface area (Å²) >= 11 is 6.98. The van der Waals surface area contributed by atoms with Crippen molar-refractivity contribution < 1.29 is 10.3 Å². The van der Waals surface area contributed by atoms with Crippen LogP contribution in [0.15, 0.2) is 28.8 Å². The maximum absolute atomic E-state index is 9.04. The number of hydrogen-bond donors (Lipinski definition) is 2. The normalized spacial score (nSPS) is 13.8. The molecule has 0 spiro atoms. The van der Waals surface area contributed by atoms with E-state index >= 15 is 0 Å². The molecule has 2 N–H and O–H groups in total. The van der Waals surface area contributed by atoms with Crippen LogP contribution >= 0.6 is 22.9 Å². The minimum absolute atomic E-state index is 0.220. The van der Waals surface area contributed by atoms with Gasteiger partial charge >= 0.3 is 0 Å². The Hall–Kier alpha value is -1.60. The molecule has 1 heterocycles. The van der Waals surface area contributed by atoms with E-state index in [-0.39, 0.29) is 17.8 Å². The molecule has 8 heteroatoms. The van der Waals surface area contributed by atoms with E-state index in [0.717, 1.165) is 0 Å². The molecular weight excluding hydrogens is 276 g/mol. The van der Waals surface area contributed by atoms with Crippen molar-refractivity contribution in [3.8, 4) is 0 Å². The molecule has 18 heavy (non-hydrogen) atoms. The maximum Gasteiger partial charge on any atom is 0.204 e. The van der Waals surface area contributed by atoms with E-state index in [2.05, 4.69) is 21.7 Å². The van der Waals surface area contributed by atoms with Gasteiger partial charge in [0.25, 0.3) is 0 Å². The third-order valence-electron chi connectivity index (χ3n) is 2.15. The lowest BCUT2D eigenvalue weighted by molar-refractivity contribution is 0.305. The third-order valence-corrected chi connectivity index (χ3v) is 3.26. The molecule has 1 rings (SSSR count). The Morgan fingerprint density at radius 2 is 2.39 bits per heavy atom. The summed E-state index contributed by atoms with van der Waals surface area (Å²) in [6.45, 7) is 5.06. The van der Waals surface area contributed by atoms with E-state index in [1.807, 2.05) is 6.92 Å². The molecule has 1 unspecified atom stereocenters. The van der Waals surface area contributed by atoms with E-state index in [9.17, 15) is 0 Å². The summed E-state index contributed by atoms with van der Waals surface area (Å²) in [6, 6.07) is -0.220. The summed E-state index contributed by atoms with van der Waals surface area (Å²) in [7, 11) is 1.71. The number of aliphatic imine (C=N–C) groups is 1. The van der Waals surface area contributed by atoms with Crippen LogP contribution < -0.4 is 0 Å². The van der Waals surface area contributed by atoms with Gasteiger partial charge in [0.2, 0.25) is 11.7 Å². The molecule has 98 valence electrons. The molecule has 0 fully saturated rings. The fraction of sp³-hybridized carbons (Fsp3) is 0.300. The van der Waals surface area contributed by atoms with Crippen molar-refractivity contribution in [2.24, 2.45) is 10.1 Å². The van der Waals surface area contributed by atoms with E-state index in [1.54, 1.807) is 11.9 Å². The fourth-order valence-electron chi connectivity index (χ4n) is 1.11. The Labute approximate surface area is 114 Å². The van der Waals surface area contributed by atoms with Crippen LogP contribution in [0.5, 0.6) is 0 Å². The van der Waals surface area contributed by atoms with Crippen LogP contribution in [-0.2, 0) is 0 Å². The molecular formula is C10H13ClN4O2S. The van der Waals surface area contributed by atoms with Gasteiger partial charge in [0.1, 0.15) is 4.34 Å². The number of aromatic nitrogens is 1. The molecule has 0 saturated carbocycles. The smallest absolute Gasteiger partial charge is 0.204 e. The quantitative estimate of drug-likeness (QED) is 0.293. The molecule has 0 aliphatic rings. The summed E-state index contributed by atoms with van der Waals surface area (Å²) in [5.74, 6) is -0.00978. The average molecular weight is 289 g/mol. The van der Waals surface area contributed by atoms with Gasteiger partial charge in [-0.2, -0.15) is 0 Å². The van der Waals surface area contributed by atoms with E-state index in [0.29, 0.717) is 9.34 Å². The SMILES string of the molecule is C=C(O)N=CC(C)N(C)/C(=N\O)c1ncc(Cl)s1. The Morgan fingerprint density at radius 3 is 2.83 bits per heavy atom. The van der Waals surface area contributed by atoms with Crippen molar-refractivity contribution >= 4 is 35.0 Å². The second-order valence-corrected chi connectivity index (χ2v) is 5.10. The molecule has 6 nitrogen and oxygen atoms in total. The first-order chi connectivity index (χ1) is 8.45. The summed E-state index contributed by atoms with van der Waals surface area (Å²) in [6.07, 6.45) is 2.96. The van der Waals surface area contributed by atoms with Crippen LogP contribution in [0.25, 0.3) is 0 Å². The highest BCUT2D eigenvalue weighted by molar-refractivity contribution is 7.17. The standard InChI is InChI=1S/C10H13ClN4O2S/c1-6(4-12-7(2)16)15(3)9(14-17)10-13-5-8(11)18-10/h4-6,16-17H,2H2,1,3H3/b12-4?,14-9-. The van der Waals surface area contributed by atoms with Gasteiger partial charge < -0.3 is 15.2 Å². The van der Waals surface area contributed by atoms with Gasteiger partial charge in [-0.3, -0.25) is 0 Å². The van der Waals surface area contributed by atoms with E-state index in [4.69, 9.17) is 21.9 Å². The zero-order valence-electron chi connectivity index (χ0n) is 9.91. The lowest BCUT2D eigenvalue weighted by Crippen LogP contribution is -2.36. The van der Waals surface area contributed by atoms with Gasteiger partial charge in [-0.1, -0.05) is 28.1 Å². The van der Waals surface area contributed by atoms with Crippen LogP contribution in [0.4, 0.5) is 0 Å². The van der Waals surface area contributed by atoms with Crippen molar-refractivity contribution in [1.29, 1.82) is 0 Å². The molecule has 0 radical (unpaired) electrons. The van der Waals surface area contributed by atoms with Gasteiger partial charge in [0.15, 0.2) is 5.01 Å². The Bertz CT molecular complexity index is 486. The molecule has 1 atom stereocenters. The van der Waals surface area contributed by atoms with Crippen LogP contribution in [0.2, 0.25) is 4.34 Å². The average Bonchev–Trinajstić information content (AvgIpc) is 2.73. The predicted octanol–water partition coefficient (Wildman–Crippen LogP) is 2.35. The number of thiazole rings is 1. The van der Waals surface area contributed by atoms with Crippen LogP contribution in [0.1, 0.15) is 11.9 Å². The summed E-state index contributed by atoms with van der Waals surface area (Å²) in [5, 5.41) is 21.6. The molecule has 0 aliphatic carbocycles. The zero-order valence-corrected chi connectivity index (χ0v) is 11.5. The lowest BCUT2D eigenvalue weighted by Gasteiger charge is -2.22. The Morgan fingerprint density at radius 1 is 1.72 bits per heavy atom. The topological polar surface area (TPSA) is 81.3 Å². The van der Waals surface area contributed by atoms with Gasteiger partial charge in [-0.25, -0.2) is 9.98 Å². The number of nitrogens with zero attached hydrogens (tertiary/aromatic N) is 4. The second kappa shape index (κ2) is 6.36. The van der Waals surface area contributed by atoms with Crippen molar-refractivity contribution in [2.75, 3.05) is 7.05 Å². The zero-order chi connectivity index (χ0) is 13.7. The predicted molar refractivity (Wildman–Crippen MR) is 72.9 cm³/mol. The second-order valence-electron chi connectivity index (χ2n) is 3.44. The molecule has 1 aromatic heterocycles. The van der Waals surface area contributed by atoms with Gasteiger partial charge in [-0.15, -0.1) is 0 Å². The number of aliphatic hydroxyl groups is 1. The number of halogens is 1. The summed E-state index contributed by atoms with van der Waals surface area (Å²) in [5.41, 5.74) is 0.